The Morgan fingerprint density at radius 2 is 1.06 bits per heavy atom. The summed E-state index contributed by atoms with van der Waals surface area (Å²) in [5, 5.41) is 5.69. The van der Waals surface area contributed by atoms with E-state index in [4.69, 9.17) is 15.0 Å². The van der Waals surface area contributed by atoms with Crippen LogP contribution in [-0.2, 0) is 0 Å². The molecule has 6 nitrogen and oxygen atoms in total. The van der Waals surface area contributed by atoms with Gasteiger partial charge in [-0.1, -0.05) is 121 Å². The maximum Gasteiger partial charge on any atom is 0.160 e. The Morgan fingerprint density at radius 3 is 1.83 bits per heavy atom. The Balaban J connectivity index is 1.05. The fourth-order valence-corrected chi connectivity index (χ4v) is 8.31. The van der Waals surface area contributed by atoms with Gasteiger partial charge in [0.05, 0.1) is 45.4 Å². The second-order valence-corrected chi connectivity index (χ2v) is 14.0. The van der Waals surface area contributed by atoms with Crippen molar-refractivity contribution in [2.75, 3.05) is 0 Å². The Bertz CT molecular complexity index is 3170. The first kappa shape index (κ1) is 30.5. The minimum absolute atomic E-state index is 0.678. The standard InChI is InChI=1S/C47H28N6S/c1-2-11-31(12-3-1)47-49-40(28-41(50-47)32-13-10-14-33(27-32)53-42-19-8-5-15-34(42)35-16-6-9-20-43(35)53)29-21-23-30(24-22-29)45-37-25-26-39-46(52-54-51-39)44(37)36-17-4-7-18-38(36)48-45/h1-28H. The fraction of sp³-hybridized carbons (Fsp3) is 0. The Labute approximate surface area is 314 Å². The van der Waals surface area contributed by atoms with Gasteiger partial charge in [-0.25, -0.2) is 15.0 Å². The van der Waals surface area contributed by atoms with E-state index in [-0.39, 0.29) is 0 Å². The highest BCUT2D eigenvalue weighted by Gasteiger charge is 2.17. The van der Waals surface area contributed by atoms with Crippen molar-refractivity contribution in [3.63, 3.8) is 0 Å². The zero-order valence-electron chi connectivity index (χ0n) is 28.8. The van der Waals surface area contributed by atoms with Crippen LogP contribution in [0.4, 0.5) is 0 Å². The van der Waals surface area contributed by atoms with Gasteiger partial charge in [0.15, 0.2) is 5.82 Å². The van der Waals surface area contributed by atoms with E-state index >= 15 is 0 Å². The molecule has 4 heterocycles. The minimum atomic E-state index is 0.678. The number of para-hydroxylation sites is 3. The van der Waals surface area contributed by atoms with Crippen molar-refractivity contribution in [2.45, 2.75) is 0 Å². The SMILES string of the molecule is c1ccc(-c2nc(-c3ccc(-c4nc5ccccc5c5c4ccc4nsnc45)cc3)cc(-c3cccc(-n4c5ccccc5c5ccccc54)c3)n2)cc1. The highest BCUT2D eigenvalue weighted by atomic mass is 32.1. The smallest absolute Gasteiger partial charge is 0.160 e. The van der Waals surface area contributed by atoms with Crippen LogP contribution in [0.3, 0.4) is 0 Å². The maximum absolute atomic E-state index is 5.17. The Kier molecular flexibility index (Phi) is 6.93. The lowest BCUT2D eigenvalue weighted by molar-refractivity contribution is 1.16. The molecule has 0 radical (unpaired) electrons. The lowest BCUT2D eigenvalue weighted by atomic mass is 9.98. The van der Waals surface area contributed by atoms with E-state index in [1.54, 1.807) is 0 Å². The summed E-state index contributed by atoms with van der Waals surface area (Å²) in [4.78, 5) is 15.5. The highest BCUT2D eigenvalue weighted by Crippen LogP contribution is 2.38. The zero-order valence-corrected chi connectivity index (χ0v) is 29.6. The molecule has 0 aliphatic carbocycles. The van der Waals surface area contributed by atoms with Gasteiger partial charge in [-0.3, -0.25) is 0 Å². The normalized spacial score (nSPS) is 11.7. The first-order chi connectivity index (χ1) is 26.8. The molecular weight excluding hydrogens is 681 g/mol. The van der Waals surface area contributed by atoms with Gasteiger partial charge in [0.1, 0.15) is 11.0 Å². The molecule has 11 aromatic rings. The van der Waals surface area contributed by atoms with E-state index in [0.717, 1.165) is 77.7 Å². The molecule has 7 aromatic carbocycles. The minimum Gasteiger partial charge on any atom is -0.309 e. The van der Waals surface area contributed by atoms with Crippen molar-refractivity contribution in [1.82, 2.24) is 28.3 Å². The summed E-state index contributed by atoms with van der Waals surface area (Å²) in [5.41, 5.74) is 12.8. The Hall–Kier alpha value is -7.09. The molecule has 7 heteroatoms. The molecular formula is C47H28N6S. The van der Waals surface area contributed by atoms with Crippen molar-refractivity contribution in [3.05, 3.63) is 170 Å². The topological polar surface area (TPSA) is 69.4 Å². The van der Waals surface area contributed by atoms with Crippen molar-refractivity contribution in [3.8, 4) is 50.8 Å². The van der Waals surface area contributed by atoms with Crippen LogP contribution in [0.15, 0.2) is 170 Å². The predicted molar refractivity (Wildman–Crippen MR) is 222 cm³/mol. The van der Waals surface area contributed by atoms with Crippen LogP contribution in [0.5, 0.6) is 0 Å². The third-order valence-electron chi connectivity index (χ3n) is 10.3. The quantitative estimate of drug-likeness (QED) is 0.166. The largest absolute Gasteiger partial charge is 0.309 e. The molecule has 0 saturated heterocycles. The van der Waals surface area contributed by atoms with E-state index in [0.29, 0.717) is 5.82 Å². The second-order valence-electron chi connectivity index (χ2n) is 13.4. The summed E-state index contributed by atoms with van der Waals surface area (Å²) < 4.78 is 11.5. The van der Waals surface area contributed by atoms with Crippen LogP contribution in [0, 0.1) is 0 Å². The van der Waals surface area contributed by atoms with Gasteiger partial charge >= 0.3 is 0 Å². The van der Waals surface area contributed by atoms with Crippen LogP contribution in [-0.4, -0.2) is 28.3 Å². The van der Waals surface area contributed by atoms with Gasteiger partial charge in [0.2, 0.25) is 0 Å². The predicted octanol–water partition coefficient (Wildman–Crippen LogP) is 11.9. The van der Waals surface area contributed by atoms with Gasteiger partial charge in [-0.2, -0.15) is 8.75 Å². The van der Waals surface area contributed by atoms with Gasteiger partial charge in [0, 0.05) is 54.9 Å². The second kappa shape index (κ2) is 12.3. The van der Waals surface area contributed by atoms with E-state index in [1.165, 1.54) is 33.5 Å². The van der Waals surface area contributed by atoms with Crippen molar-refractivity contribution in [2.24, 2.45) is 0 Å². The lowest BCUT2D eigenvalue weighted by Gasteiger charge is -2.13. The van der Waals surface area contributed by atoms with Crippen LogP contribution in [0.25, 0.3) is 105 Å². The number of hydrogen-bond donors (Lipinski definition) is 0. The van der Waals surface area contributed by atoms with Crippen LogP contribution < -0.4 is 0 Å². The molecule has 252 valence electrons. The molecule has 0 atom stereocenters. The van der Waals surface area contributed by atoms with Gasteiger partial charge < -0.3 is 4.57 Å². The molecule has 0 saturated carbocycles. The van der Waals surface area contributed by atoms with Gasteiger partial charge in [-0.05, 0) is 48.5 Å². The van der Waals surface area contributed by atoms with E-state index in [2.05, 4.69) is 153 Å². The summed E-state index contributed by atoms with van der Waals surface area (Å²) in [6.07, 6.45) is 0. The molecule has 0 amide bonds. The maximum atomic E-state index is 5.17. The average molecular weight is 709 g/mol. The first-order valence-electron chi connectivity index (χ1n) is 17.8. The molecule has 0 fully saturated rings. The molecule has 11 rings (SSSR count). The first-order valence-corrected chi connectivity index (χ1v) is 18.6. The summed E-state index contributed by atoms with van der Waals surface area (Å²) in [6, 6.07) is 59.1. The van der Waals surface area contributed by atoms with Crippen LogP contribution >= 0.6 is 11.7 Å². The number of pyridine rings is 1. The fourth-order valence-electron chi connectivity index (χ4n) is 7.77. The third-order valence-corrected chi connectivity index (χ3v) is 10.8. The molecule has 4 aromatic heterocycles. The molecule has 0 bridgehead atoms. The van der Waals surface area contributed by atoms with E-state index in [9.17, 15) is 0 Å². The number of fused-ring (bicyclic) bond motifs is 8. The number of aromatic nitrogens is 6. The molecule has 0 spiro atoms. The summed E-state index contributed by atoms with van der Waals surface area (Å²) in [6.45, 7) is 0. The van der Waals surface area contributed by atoms with Gasteiger partial charge in [0.25, 0.3) is 0 Å². The van der Waals surface area contributed by atoms with E-state index < -0.39 is 0 Å². The van der Waals surface area contributed by atoms with Crippen molar-refractivity contribution >= 4 is 66.2 Å². The number of nitrogens with zero attached hydrogens (tertiary/aromatic N) is 6. The number of rotatable bonds is 5. The molecule has 0 aliphatic heterocycles. The molecule has 0 N–H and O–H groups in total. The summed E-state index contributed by atoms with van der Waals surface area (Å²) >= 11 is 1.24. The third kappa shape index (κ3) is 4.90. The lowest BCUT2D eigenvalue weighted by Crippen LogP contribution is -1.98. The summed E-state index contributed by atoms with van der Waals surface area (Å²) in [5.74, 6) is 0.678. The molecule has 0 unspecified atom stereocenters. The van der Waals surface area contributed by atoms with Crippen LogP contribution in [0.1, 0.15) is 0 Å². The van der Waals surface area contributed by atoms with Gasteiger partial charge in [-0.15, -0.1) is 0 Å². The van der Waals surface area contributed by atoms with Crippen molar-refractivity contribution < 1.29 is 0 Å². The van der Waals surface area contributed by atoms with E-state index in [1.807, 2.05) is 30.3 Å². The summed E-state index contributed by atoms with van der Waals surface area (Å²) in [7, 11) is 0. The molecule has 0 aliphatic rings. The average Bonchev–Trinajstić information content (AvgIpc) is 3.87. The monoisotopic (exact) mass is 708 g/mol. The molecule has 54 heavy (non-hydrogen) atoms. The van der Waals surface area contributed by atoms with Crippen LogP contribution in [0.2, 0.25) is 0 Å². The highest BCUT2D eigenvalue weighted by molar-refractivity contribution is 7.00. The Morgan fingerprint density at radius 1 is 0.407 bits per heavy atom. The number of hydrogen-bond acceptors (Lipinski definition) is 6. The zero-order chi connectivity index (χ0) is 35.6. The number of benzene rings is 7. The van der Waals surface area contributed by atoms with Crippen molar-refractivity contribution in [1.29, 1.82) is 0 Å².